The summed E-state index contributed by atoms with van der Waals surface area (Å²) in [5.74, 6) is -3.73. The van der Waals surface area contributed by atoms with E-state index >= 15 is 0 Å². The minimum atomic E-state index is -4.96. The number of hydrogen-bond acceptors (Lipinski definition) is 5. The predicted molar refractivity (Wildman–Crippen MR) is 109 cm³/mol. The van der Waals surface area contributed by atoms with Gasteiger partial charge in [-0.25, -0.2) is 9.37 Å². The van der Waals surface area contributed by atoms with Crippen molar-refractivity contribution < 1.29 is 27.2 Å². The average Bonchev–Trinajstić information content (AvgIpc) is 3.27. The van der Waals surface area contributed by atoms with Crippen LogP contribution in [0.1, 0.15) is 27.3 Å². The van der Waals surface area contributed by atoms with Crippen LogP contribution < -0.4 is 5.32 Å². The number of carbonyl (C=O) groups excluding carboxylic acids is 2. The molecule has 0 saturated heterocycles. The number of carbonyl (C=O) groups is 2. The lowest BCUT2D eigenvalue weighted by atomic mass is 10.2. The molecule has 32 heavy (non-hydrogen) atoms. The first-order valence-corrected chi connectivity index (χ1v) is 10.3. The standard InChI is InChI=1S/C20H19F4N5O2S/c1-12-14(10-28(2)27-12)7-25-18(31)16-8-26-19(32-11-17(30)20(22,23)24)29(16)9-13-3-5-15(21)6-4-13/h3-6,8,10H,7,9,11H2,1-2H3,(H,25,31). The van der Waals surface area contributed by atoms with Crippen LogP contribution in [-0.4, -0.2) is 43.0 Å². The molecule has 0 aliphatic carbocycles. The van der Waals surface area contributed by atoms with Gasteiger partial charge in [0.1, 0.15) is 11.5 Å². The lowest BCUT2D eigenvalue weighted by Gasteiger charge is -2.12. The quantitative estimate of drug-likeness (QED) is 0.405. The smallest absolute Gasteiger partial charge is 0.347 e. The summed E-state index contributed by atoms with van der Waals surface area (Å²) in [4.78, 5) is 28.1. The molecule has 0 atom stereocenters. The molecule has 1 aromatic carbocycles. The Kier molecular flexibility index (Phi) is 7.02. The van der Waals surface area contributed by atoms with Gasteiger partial charge in [-0.2, -0.15) is 18.3 Å². The van der Waals surface area contributed by atoms with Crippen LogP contribution in [0.4, 0.5) is 17.6 Å². The number of amides is 1. The number of thioether (sulfide) groups is 1. The molecule has 170 valence electrons. The van der Waals surface area contributed by atoms with Crippen molar-refractivity contribution in [1.29, 1.82) is 0 Å². The number of nitrogens with one attached hydrogen (secondary N) is 1. The van der Waals surface area contributed by atoms with Crippen molar-refractivity contribution in [3.05, 3.63) is 65.0 Å². The summed E-state index contributed by atoms with van der Waals surface area (Å²) in [6.45, 7) is 2.04. The summed E-state index contributed by atoms with van der Waals surface area (Å²) in [6.07, 6.45) is -1.96. The van der Waals surface area contributed by atoms with Gasteiger partial charge in [-0.1, -0.05) is 23.9 Å². The van der Waals surface area contributed by atoms with Gasteiger partial charge in [0.05, 0.1) is 24.2 Å². The van der Waals surface area contributed by atoms with E-state index in [0.29, 0.717) is 17.3 Å². The van der Waals surface area contributed by atoms with E-state index in [-0.39, 0.29) is 23.9 Å². The highest BCUT2D eigenvalue weighted by molar-refractivity contribution is 7.99. The number of rotatable bonds is 8. The van der Waals surface area contributed by atoms with E-state index in [1.54, 1.807) is 24.9 Å². The molecule has 0 aliphatic heterocycles. The van der Waals surface area contributed by atoms with Crippen LogP contribution in [0.2, 0.25) is 0 Å². The third-order valence-electron chi connectivity index (χ3n) is 4.51. The summed E-state index contributed by atoms with van der Waals surface area (Å²) in [7, 11) is 1.75. The molecule has 0 saturated carbocycles. The molecular weight excluding hydrogens is 450 g/mol. The minimum absolute atomic E-state index is 0.0531. The highest BCUT2D eigenvalue weighted by atomic mass is 32.2. The van der Waals surface area contributed by atoms with Gasteiger partial charge >= 0.3 is 6.18 Å². The van der Waals surface area contributed by atoms with Crippen molar-refractivity contribution in [2.75, 3.05) is 5.75 Å². The molecule has 12 heteroatoms. The van der Waals surface area contributed by atoms with E-state index < -0.39 is 29.4 Å². The fraction of sp³-hybridized carbons (Fsp3) is 0.300. The average molecular weight is 469 g/mol. The first-order chi connectivity index (χ1) is 15.0. The van der Waals surface area contributed by atoms with Crippen LogP contribution >= 0.6 is 11.8 Å². The van der Waals surface area contributed by atoms with Crippen molar-refractivity contribution >= 4 is 23.5 Å². The summed E-state index contributed by atoms with van der Waals surface area (Å²) in [6, 6.07) is 5.45. The maximum absolute atomic E-state index is 13.2. The first kappa shape index (κ1) is 23.5. The van der Waals surface area contributed by atoms with Gasteiger partial charge in [0, 0.05) is 25.4 Å². The van der Waals surface area contributed by atoms with Crippen LogP contribution in [0.15, 0.2) is 41.8 Å². The monoisotopic (exact) mass is 469 g/mol. The second-order valence-corrected chi connectivity index (χ2v) is 7.89. The topological polar surface area (TPSA) is 81.8 Å². The number of aromatic nitrogens is 4. The molecule has 0 fully saturated rings. The maximum Gasteiger partial charge on any atom is 0.450 e. The number of aryl methyl sites for hydroxylation is 2. The molecule has 1 amide bonds. The van der Waals surface area contributed by atoms with Gasteiger partial charge in [-0.15, -0.1) is 0 Å². The zero-order valence-corrected chi connectivity index (χ0v) is 17.9. The number of ketones is 1. The predicted octanol–water partition coefficient (Wildman–Crippen LogP) is 3.27. The maximum atomic E-state index is 13.2. The highest BCUT2D eigenvalue weighted by Gasteiger charge is 2.38. The van der Waals surface area contributed by atoms with E-state index in [1.807, 2.05) is 0 Å². The second-order valence-electron chi connectivity index (χ2n) is 6.94. The number of hydrogen-bond donors (Lipinski definition) is 1. The van der Waals surface area contributed by atoms with Crippen molar-refractivity contribution in [3.8, 4) is 0 Å². The Balaban J connectivity index is 1.82. The first-order valence-electron chi connectivity index (χ1n) is 9.34. The normalized spacial score (nSPS) is 11.6. The lowest BCUT2D eigenvalue weighted by molar-refractivity contribution is -0.167. The van der Waals surface area contributed by atoms with Gasteiger partial charge in [-0.3, -0.25) is 14.3 Å². The Morgan fingerprint density at radius 1 is 1.19 bits per heavy atom. The van der Waals surface area contributed by atoms with Crippen LogP contribution in [0, 0.1) is 12.7 Å². The van der Waals surface area contributed by atoms with Gasteiger partial charge in [0.15, 0.2) is 5.16 Å². The number of halogens is 4. The van der Waals surface area contributed by atoms with Crippen molar-refractivity contribution in [1.82, 2.24) is 24.6 Å². The number of nitrogens with zero attached hydrogens (tertiary/aromatic N) is 4. The Hall–Kier alpha value is -3.15. The van der Waals surface area contributed by atoms with E-state index in [1.165, 1.54) is 35.0 Å². The van der Waals surface area contributed by atoms with Crippen molar-refractivity contribution in [2.45, 2.75) is 31.3 Å². The summed E-state index contributed by atoms with van der Waals surface area (Å²) >= 11 is 0.578. The zero-order valence-electron chi connectivity index (χ0n) is 17.1. The van der Waals surface area contributed by atoms with E-state index in [4.69, 9.17) is 0 Å². The summed E-state index contributed by atoms with van der Waals surface area (Å²) in [5.41, 5.74) is 2.24. The van der Waals surface area contributed by atoms with Crippen molar-refractivity contribution in [2.24, 2.45) is 7.05 Å². The van der Waals surface area contributed by atoms with E-state index in [9.17, 15) is 27.2 Å². The Morgan fingerprint density at radius 3 is 2.47 bits per heavy atom. The third kappa shape index (κ3) is 5.75. The number of imidazole rings is 1. The molecule has 0 radical (unpaired) electrons. The molecule has 1 N–H and O–H groups in total. The molecule has 0 spiro atoms. The fourth-order valence-electron chi connectivity index (χ4n) is 2.88. The molecule has 7 nitrogen and oxygen atoms in total. The van der Waals surface area contributed by atoms with Gasteiger partial charge in [-0.05, 0) is 24.6 Å². The SMILES string of the molecule is Cc1nn(C)cc1CNC(=O)c1cnc(SCC(=O)C(F)(F)F)n1Cc1ccc(F)cc1. The Labute approximate surface area is 184 Å². The molecule has 0 unspecified atom stereocenters. The second kappa shape index (κ2) is 9.55. The molecule has 3 rings (SSSR count). The number of alkyl halides is 3. The molecular formula is C20H19F4N5O2S. The van der Waals surface area contributed by atoms with Crippen LogP contribution in [0.25, 0.3) is 0 Å². The Morgan fingerprint density at radius 2 is 1.88 bits per heavy atom. The Bertz CT molecular complexity index is 1120. The summed E-state index contributed by atoms with van der Waals surface area (Å²) < 4.78 is 53.9. The van der Waals surface area contributed by atoms with Crippen LogP contribution in [-0.2, 0) is 24.9 Å². The van der Waals surface area contributed by atoms with Crippen molar-refractivity contribution in [3.63, 3.8) is 0 Å². The molecule has 0 aliphatic rings. The lowest BCUT2D eigenvalue weighted by Crippen LogP contribution is -2.26. The number of Topliss-reactive ketones (excluding diaryl/α,β-unsaturated/α-hetero) is 1. The summed E-state index contributed by atoms with van der Waals surface area (Å²) in [5, 5.41) is 7.00. The largest absolute Gasteiger partial charge is 0.450 e. The zero-order chi connectivity index (χ0) is 23.5. The molecule has 3 aromatic rings. The third-order valence-corrected chi connectivity index (χ3v) is 5.50. The van der Waals surface area contributed by atoms with Gasteiger partial charge in [0.25, 0.3) is 5.91 Å². The van der Waals surface area contributed by atoms with Gasteiger partial charge in [0.2, 0.25) is 5.78 Å². The molecule has 2 heterocycles. The fourth-order valence-corrected chi connectivity index (χ4v) is 3.75. The molecule has 2 aromatic heterocycles. The van der Waals surface area contributed by atoms with Crippen LogP contribution in [0.3, 0.4) is 0 Å². The minimum Gasteiger partial charge on any atom is -0.347 e. The highest BCUT2D eigenvalue weighted by Crippen LogP contribution is 2.25. The van der Waals surface area contributed by atoms with E-state index in [0.717, 1.165) is 11.3 Å². The van der Waals surface area contributed by atoms with E-state index in [2.05, 4.69) is 15.4 Å². The number of benzene rings is 1. The van der Waals surface area contributed by atoms with Gasteiger partial charge < -0.3 is 9.88 Å². The molecule has 0 bridgehead atoms. The van der Waals surface area contributed by atoms with Crippen LogP contribution in [0.5, 0.6) is 0 Å².